The minimum absolute atomic E-state index is 0. The quantitative estimate of drug-likeness (QED) is 0.873. The molecule has 0 radical (unpaired) electrons. The lowest BCUT2D eigenvalue weighted by molar-refractivity contribution is -0.130. The van der Waals surface area contributed by atoms with Crippen LogP contribution >= 0.6 is 35.8 Å². The number of nitrogens with zero attached hydrogens (tertiary/aromatic N) is 1. The van der Waals surface area contributed by atoms with Crippen LogP contribution in [0.15, 0.2) is 24.3 Å². The molecule has 0 atom stereocenters. The number of rotatable bonds is 4. The number of amides is 1. The van der Waals surface area contributed by atoms with Crippen LogP contribution in [0.1, 0.15) is 24.8 Å². The van der Waals surface area contributed by atoms with Crippen LogP contribution in [0.3, 0.4) is 0 Å². The summed E-state index contributed by atoms with van der Waals surface area (Å²) in [6.07, 6.45) is 3.60. The van der Waals surface area contributed by atoms with E-state index in [1.807, 2.05) is 24.3 Å². The van der Waals surface area contributed by atoms with Crippen molar-refractivity contribution in [2.45, 2.75) is 25.0 Å². The van der Waals surface area contributed by atoms with E-state index in [2.05, 4.69) is 10.2 Å². The first-order valence-corrected chi connectivity index (χ1v) is 9.51. The number of thioether (sulfide) groups is 1. The van der Waals surface area contributed by atoms with E-state index in [-0.39, 0.29) is 12.4 Å². The molecule has 1 spiro atoms. The van der Waals surface area contributed by atoms with Gasteiger partial charge in [0, 0.05) is 30.4 Å². The van der Waals surface area contributed by atoms with Crippen molar-refractivity contribution in [3.8, 4) is 0 Å². The zero-order valence-corrected chi connectivity index (χ0v) is 15.6. The SMILES string of the molecule is Cl.O=C(CSCc1ccc(Cl)cc1)N1CCC2(CCNC2)CC1. The summed E-state index contributed by atoms with van der Waals surface area (Å²) >= 11 is 7.57. The minimum Gasteiger partial charge on any atom is -0.342 e. The predicted molar refractivity (Wildman–Crippen MR) is 101 cm³/mol. The molecule has 1 amide bonds. The third-order valence-electron chi connectivity index (χ3n) is 4.92. The zero-order valence-electron chi connectivity index (χ0n) is 13.2. The Balaban J connectivity index is 0.00000192. The minimum atomic E-state index is 0. The van der Waals surface area contributed by atoms with Crippen LogP contribution in [-0.4, -0.2) is 42.7 Å². The molecule has 1 aromatic carbocycles. The molecule has 0 saturated carbocycles. The molecule has 1 N–H and O–H groups in total. The van der Waals surface area contributed by atoms with E-state index in [0.29, 0.717) is 17.1 Å². The Morgan fingerprint density at radius 1 is 1.22 bits per heavy atom. The van der Waals surface area contributed by atoms with Crippen LogP contribution in [0.25, 0.3) is 0 Å². The molecule has 0 aromatic heterocycles. The number of halogens is 2. The lowest BCUT2D eigenvalue weighted by Crippen LogP contribution is -2.44. The second-order valence-corrected chi connectivity index (χ2v) is 7.85. The number of likely N-dealkylation sites (tertiary alicyclic amines) is 1. The van der Waals surface area contributed by atoms with Crippen molar-refractivity contribution in [3.05, 3.63) is 34.9 Å². The molecule has 128 valence electrons. The molecule has 3 nitrogen and oxygen atoms in total. The van der Waals surface area contributed by atoms with Crippen molar-refractivity contribution in [2.75, 3.05) is 31.9 Å². The van der Waals surface area contributed by atoms with Crippen molar-refractivity contribution in [1.29, 1.82) is 0 Å². The molecule has 2 aliphatic rings. The molecule has 3 rings (SSSR count). The van der Waals surface area contributed by atoms with Gasteiger partial charge in [0.25, 0.3) is 0 Å². The van der Waals surface area contributed by atoms with Gasteiger partial charge < -0.3 is 10.2 Å². The third kappa shape index (κ3) is 5.02. The molecule has 2 fully saturated rings. The molecule has 0 bridgehead atoms. The highest BCUT2D eigenvalue weighted by atomic mass is 35.5. The topological polar surface area (TPSA) is 32.3 Å². The van der Waals surface area contributed by atoms with Gasteiger partial charge in [0.05, 0.1) is 5.75 Å². The van der Waals surface area contributed by atoms with Gasteiger partial charge in [-0.2, -0.15) is 0 Å². The number of benzene rings is 1. The molecular formula is C17H24Cl2N2OS. The summed E-state index contributed by atoms with van der Waals surface area (Å²) in [5.41, 5.74) is 1.70. The zero-order chi connectivity index (χ0) is 15.4. The van der Waals surface area contributed by atoms with Crippen LogP contribution < -0.4 is 5.32 Å². The normalized spacial score (nSPS) is 19.6. The Morgan fingerprint density at radius 3 is 2.52 bits per heavy atom. The fraction of sp³-hybridized carbons (Fsp3) is 0.588. The number of nitrogens with one attached hydrogen (secondary N) is 1. The van der Waals surface area contributed by atoms with E-state index in [4.69, 9.17) is 11.6 Å². The van der Waals surface area contributed by atoms with Crippen LogP contribution in [0.2, 0.25) is 5.02 Å². The summed E-state index contributed by atoms with van der Waals surface area (Å²) < 4.78 is 0. The van der Waals surface area contributed by atoms with E-state index in [9.17, 15) is 4.79 Å². The summed E-state index contributed by atoms with van der Waals surface area (Å²) in [5.74, 6) is 1.73. The van der Waals surface area contributed by atoms with Gasteiger partial charge in [0.2, 0.25) is 5.91 Å². The first kappa shape index (κ1) is 18.9. The number of carbonyl (C=O) groups is 1. The van der Waals surface area contributed by atoms with Gasteiger partial charge in [-0.1, -0.05) is 23.7 Å². The molecule has 1 aromatic rings. The fourth-order valence-electron chi connectivity index (χ4n) is 3.38. The predicted octanol–water partition coefficient (Wildman–Crippen LogP) is 3.60. The Kier molecular flexibility index (Phi) is 7.08. The Hall–Kier alpha value is -0.420. The number of carbonyl (C=O) groups excluding carboxylic acids is 1. The van der Waals surface area contributed by atoms with Gasteiger partial charge in [-0.3, -0.25) is 4.79 Å². The Morgan fingerprint density at radius 2 is 1.91 bits per heavy atom. The highest BCUT2D eigenvalue weighted by Gasteiger charge is 2.37. The van der Waals surface area contributed by atoms with Gasteiger partial charge in [-0.25, -0.2) is 0 Å². The summed E-state index contributed by atoms with van der Waals surface area (Å²) in [5, 5.41) is 4.22. The average Bonchev–Trinajstić information content (AvgIpc) is 2.98. The molecular weight excluding hydrogens is 351 g/mol. The van der Waals surface area contributed by atoms with Crippen molar-refractivity contribution in [3.63, 3.8) is 0 Å². The van der Waals surface area contributed by atoms with E-state index in [0.717, 1.165) is 49.8 Å². The van der Waals surface area contributed by atoms with E-state index in [1.54, 1.807) is 11.8 Å². The lowest BCUT2D eigenvalue weighted by atomic mass is 9.78. The van der Waals surface area contributed by atoms with Gasteiger partial charge in [0.1, 0.15) is 0 Å². The van der Waals surface area contributed by atoms with Crippen LogP contribution in [-0.2, 0) is 10.5 Å². The molecule has 0 unspecified atom stereocenters. The first-order chi connectivity index (χ1) is 10.7. The molecule has 2 saturated heterocycles. The maximum atomic E-state index is 12.3. The van der Waals surface area contributed by atoms with E-state index in [1.165, 1.54) is 12.0 Å². The van der Waals surface area contributed by atoms with Crippen molar-refractivity contribution in [2.24, 2.45) is 5.41 Å². The van der Waals surface area contributed by atoms with Gasteiger partial charge in [-0.05, 0) is 48.9 Å². The van der Waals surface area contributed by atoms with E-state index < -0.39 is 0 Å². The highest BCUT2D eigenvalue weighted by molar-refractivity contribution is 7.99. The molecule has 0 aliphatic carbocycles. The summed E-state index contributed by atoms with van der Waals surface area (Å²) in [6, 6.07) is 7.85. The van der Waals surface area contributed by atoms with Crippen LogP contribution in [0.4, 0.5) is 0 Å². The van der Waals surface area contributed by atoms with Crippen LogP contribution in [0.5, 0.6) is 0 Å². The van der Waals surface area contributed by atoms with Crippen molar-refractivity contribution < 1.29 is 4.79 Å². The first-order valence-electron chi connectivity index (χ1n) is 7.98. The van der Waals surface area contributed by atoms with Gasteiger partial charge >= 0.3 is 0 Å². The smallest absolute Gasteiger partial charge is 0.232 e. The standard InChI is InChI=1S/C17H23ClN2OS.ClH/c18-15-3-1-14(2-4-15)11-22-12-16(21)20-9-6-17(7-10-20)5-8-19-13-17;/h1-4,19H,5-13H2;1H. The second kappa shape index (κ2) is 8.61. The maximum Gasteiger partial charge on any atom is 0.232 e. The molecule has 2 heterocycles. The summed E-state index contributed by atoms with van der Waals surface area (Å²) in [6.45, 7) is 4.15. The molecule has 23 heavy (non-hydrogen) atoms. The summed E-state index contributed by atoms with van der Waals surface area (Å²) in [4.78, 5) is 14.4. The number of hydrogen-bond donors (Lipinski definition) is 1. The van der Waals surface area contributed by atoms with Crippen molar-refractivity contribution in [1.82, 2.24) is 10.2 Å². The number of piperidine rings is 1. The average molecular weight is 375 g/mol. The van der Waals surface area contributed by atoms with Crippen LogP contribution in [0, 0.1) is 5.41 Å². The number of hydrogen-bond acceptors (Lipinski definition) is 3. The molecule has 2 aliphatic heterocycles. The maximum absolute atomic E-state index is 12.3. The lowest BCUT2D eigenvalue weighted by Gasteiger charge is -2.38. The Labute approximate surface area is 153 Å². The fourth-order valence-corrected chi connectivity index (χ4v) is 4.39. The molecule has 6 heteroatoms. The largest absolute Gasteiger partial charge is 0.342 e. The Bertz CT molecular complexity index is 508. The third-order valence-corrected chi connectivity index (χ3v) is 6.16. The monoisotopic (exact) mass is 374 g/mol. The van der Waals surface area contributed by atoms with Crippen molar-refractivity contribution >= 4 is 41.7 Å². The van der Waals surface area contributed by atoms with E-state index >= 15 is 0 Å². The summed E-state index contributed by atoms with van der Waals surface area (Å²) in [7, 11) is 0. The highest BCUT2D eigenvalue weighted by Crippen LogP contribution is 2.37. The van der Waals surface area contributed by atoms with Gasteiger partial charge in [0.15, 0.2) is 0 Å². The van der Waals surface area contributed by atoms with Gasteiger partial charge in [-0.15, -0.1) is 24.2 Å². The second-order valence-electron chi connectivity index (χ2n) is 6.43.